The van der Waals surface area contributed by atoms with Gasteiger partial charge in [0.25, 0.3) is 0 Å². The summed E-state index contributed by atoms with van der Waals surface area (Å²) in [6.45, 7) is 0.723. The van der Waals surface area contributed by atoms with Crippen molar-refractivity contribution in [2.75, 3.05) is 5.32 Å². The van der Waals surface area contributed by atoms with Crippen molar-refractivity contribution >= 4 is 27.4 Å². The van der Waals surface area contributed by atoms with Gasteiger partial charge in [0.1, 0.15) is 17.2 Å². The van der Waals surface area contributed by atoms with Crippen LogP contribution in [0.4, 0.5) is 5.82 Å². The molecule has 24 heavy (non-hydrogen) atoms. The number of halogens is 1. The van der Waals surface area contributed by atoms with E-state index in [1.165, 1.54) is 5.56 Å². The third-order valence-electron chi connectivity index (χ3n) is 3.79. The maximum Gasteiger partial charge on any atom is 0.140 e. The number of fused-ring (bicyclic) bond motifs is 1. The molecular formula is C19H15BrN4. The second-order valence-corrected chi connectivity index (χ2v) is 6.35. The summed E-state index contributed by atoms with van der Waals surface area (Å²) >= 11 is 3.54. The molecule has 0 aliphatic heterocycles. The van der Waals surface area contributed by atoms with Crippen molar-refractivity contribution in [2.24, 2.45) is 0 Å². The van der Waals surface area contributed by atoms with E-state index in [1.807, 2.05) is 54.7 Å². The Labute approximate surface area is 148 Å². The zero-order valence-electron chi connectivity index (χ0n) is 12.9. The van der Waals surface area contributed by atoms with Gasteiger partial charge in [-0.15, -0.1) is 0 Å². The molecule has 118 valence electrons. The molecule has 0 fully saturated rings. The summed E-state index contributed by atoms with van der Waals surface area (Å²) in [6.07, 6.45) is 3.80. The second kappa shape index (κ2) is 6.45. The number of nitrogens with zero attached hydrogens (tertiary/aromatic N) is 3. The van der Waals surface area contributed by atoms with Gasteiger partial charge in [-0.05, 0) is 45.8 Å². The topological polar surface area (TPSA) is 42.2 Å². The lowest BCUT2D eigenvalue weighted by Gasteiger charge is -2.09. The van der Waals surface area contributed by atoms with Crippen molar-refractivity contribution in [3.63, 3.8) is 0 Å². The number of hydrogen-bond donors (Lipinski definition) is 1. The molecule has 0 spiro atoms. The minimum absolute atomic E-state index is 0.723. The van der Waals surface area contributed by atoms with Gasteiger partial charge in [-0.1, -0.05) is 36.4 Å². The minimum Gasteiger partial charge on any atom is -0.365 e. The van der Waals surface area contributed by atoms with Gasteiger partial charge in [-0.25, -0.2) is 4.98 Å². The first-order chi connectivity index (χ1) is 11.8. The van der Waals surface area contributed by atoms with E-state index in [2.05, 4.69) is 42.8 Å². The van der Waals surface area contributed by atoms with Gasteiger partial charge in [-0.3, -0.25) is 9.38 Å². The molecular weight excluding hydrogens is 364 g/mol. The highest BCUT2D eigenvalue weighted by Gasteiger charge is 2.15. The molecule has 0 amide bonds. The normalized spacial score (nSPS) is 10.9. The van der Waals surface area contributed by atoms with Gasteiger partial charge in [0.15, 0.2) is 0 Å². The molecule has 1 N–H and O–H groups in total. The van der Waals surface area contributed by atoms with Crippen LogP contribution in [0.15, 0.2) is 77.5 Å². The third-order valence-corrected chi connectivity index (χ3v) is 4.26. The van der Waals surface area contributed by atoms with Crippen LogP contribution in [-0.2, 0) is 6.54 Å². The fourth-order valence-corrected chi connectivity index (χ4v) is 2.99. The summed E-state index contributed by atoms with van der Waals surface area (Å²) in [6, 6.07) is 20.2. The average Bonchev–Trinajstić information content (AvgIpc) is 2.99. The number of hydrogen-bond acceptors (Lipinski definition) is 3. The highest BCUT2D eigenvalue weighted by atomic mass is 79.9. The molecule has 0 saturated heterocycles. The van der Waals surface area contributed by atoms with E-state index < -0.39 is 0 Å². The number of imidazole rings is 1. The van der Waals surface area contributed by atoms with Gasteiger partial charge in [0.2, 0.25) is 0 Å². The van der Waals surface area contributed by atoms with Crippen molar-refractivity contribution < 1.29 is 0 Å². The lowest BCUT2D eigenvalue weighted by atomic mass is 10.2. The molecule has 4 aromatic rings. The first-order valence-electron chi connectivity index (χ1n) is 7.68. The Morgan fingerprint density at radius 3 is 2.58 bits per heavy atom. The zero-order chi connectivity index (χ0) is 16.4. The molecule has 4 rings (SSSR count). The van der Waals surface area contributed by atoms with E-state index in [1.54, 1.807) is 6.20 Å². The highest BCUT2D eigenvalue weighted by molar-refractivity contribution is 9.10. The van der Waals surface area contributed by atoms with Gasteiger partial charge in [-0.2, -0.15) is 0 Å². The third kappa shape index (κ3) is 2.90. The second-order valence-electron chi connectivity index (χ2n) is 5.44. The van der Waals surface area contributed by atoms with Crippen molar-refractivity contribution in [1.29, 1.82) is 0 Å². The predicted octanol–water partition coefficient (Wildman–Crippen LogP) is 4.77. The molecule has 0 aliphatic rings. The van der Waals surface area contributed by atoms with Crippen LogP contribution in [-0.4, -0.2) is 14.4 Å². The van der Waals surface area contributed by atoms with Crippen molar-refractivity contribution in [1.82, 2.24) is 14.4 Å². The first-order valence-corrected chi connectivity index (χ1v) is 8.47. The van der Waals surface area contributed by atoms with E-state index in [-0.39, 0.29) is 0 Å². The van der Waals surface area contributed by atoms with Crippen molar-refractivity contribution in [3.05, 3.63) is 83.1 Å². The van der Waals surface area contributed by atoms with Crippen LogP contribution in [0.25, 0.3) is 17.0 Å². The Morgan fingerprint density at radius 2 is 1.79 bits per heavy atom. The van der Waals surface area contributed by atoms with Gasteiger partial charge in [0.05, 0.1) is 5.69 Å². The molecule has 1 aromatic carbocycles. The number of anilines is 1. The Bertz CT molecular complexity index is 965. The average molecular weight is 379 g/mol. The monoisotopic (exact) mass is 378 g/mol. The number of pyridine rings is 2. The van der Waals surface area contributed by atoms with Crippen LogP contribution in [0.5, 0.6) is 0 Å². The SMILES string of the molecule is Brc1ccc2nc(-c3ccccn3)c(NCc3ccccc3)n2c1. The van der Waals surface area contributed by atoms with Crippen LogP contribution < -0.4 is 5.32 Å². The van der Waals surface area contributed by atoms with E-state index in [9.17, 15) is 0 Å². The van der Waals surface area contributed by atoms with Crippen LogP contribution in [0, 0.1) is 0 Å². The summed E-state index contributed by atoms with van der Waals surface area (Å²) in [5.41, 5.74) is 3.81. The maximum absolute atomic E-state index is 4.75. The summed E-state index contributed by atoms with van der Waals surface area (Å²) in [5.74, 6) is 0.939. The fourth-order valence-electron chi connectivity index (χ4n) is 2.65. The van der Waals surface area contributed by atoms with Gasteiger partial charge in [0, 0.05) is 23.4 Å². The zero-order valence-corrected chi connectivity index (χ0v) is 14.4. The van der Waals surface area contributed by atoms with Crippen LogP contribution >= 0.6 is 15.9 Å². The molecule has 0 radical (unpaired) electrons. The van der Waals surface area contributed by atoms with Crippen LogP contribution in [0.3, 0.4) is 0 Å². The number of rotatable bonds is 4. The maximum atomic E-state index is 4.75. The summed E-state index contributed by atoms with van der Waals surface area (Å²) in [7, 11) is 0. The van der Waals surface area contributed by atoms with Crippen LogP contribution in [0.1, 0.15) is 5.56 Å². The van der Waals surface area contributed by atoms with E-state index in [0.29, 0.717) is 0 Å². The van der Waals surface area contributed by atoms with Crippen molar-refractivity contribution in [3.8, 4) is 11.4 Å². The number of nitrogens with one attached hydrogen (secondary N) is 1. The first kappa shape index (κ1) is 14.9. The van der Waals surface area contributed by atoms with E-state index in [0.717, 1.165) is 33.9 Å². The Morgan fingerprint density at radius 1 is 0.958 bits per heavy atom. The molecule has 0 atom stereocenters. The number of aromatic nitrogens is 3. The van der Waals surface area contributed by atoms with E-state index in [4.69, 9.17) is 4.98 Å². The predicted molar refractivity (Wildman–Crippen MR) is 99.9 cm³/mol. The molecule has 5 heteroatoms. The molecule has 0 aliphatic carbocycles. The Kier molecular flexibility index (Phi) is 4.01. The standard InChI is InChI=1S/C19H15BrN4/c20-15-9-10-17-23-18(16-8-4-5-11-21-16)19(24(17)13-15)22-12-14-6-2-1-3-7-14/h1-11,13,22H,12H2. The smallest absolute Gasteiger partial charge is 0.140 e. The lowest BCUT2D eigenvalue weighted by Crippen LogP contribution is -2.03. The van der Waals surface area contributed by atoms with E-state index >= 15 is 0 Å². The quantitative estimate of drug-likeness (QED) is 0.555. The number of benzene rings is 1. The molecule has 0 saturated carbocycles. The minimum atomic E-state index is 0.723. The molecule has 4 nitrogen and oxygen atoms in total. The summed E-state index contributed by atoms with van der Waals surface area (Å²) in [5, 5.41) is 3.52. The summed E-state index contributed by atoms with van der Waals surface area (Å²) in [4.78, 5) is 9.21. The molecule has 0 bridgehead atoms. The van der Waals surface area contributed by atoms with Crippen LogP contribution in [0.2, 0.25) is 0 Å². The largest absolute Gasteiger partial charge is 0.365 e. The summed E-state index contributed by atoms with van der Waals surface area (Å²) < 4.78 is 3.06. The molecule has 0 unspecified atom stereocenters. The van der Waals surface area contributed by atoms with Crippen molar-refractivity contribution in [2.45, 2.75) is 6.54 Å². The lowest BCUT2D eigenvalue weighted by molar-refractivity contribution is 1.08. The molecule has 3 heterocycles. The molecule has 3 aromatic heterocycles. The fraction of sp³-hybridized carbons (Fsp3) is 0.0526. The Balaban J connectivity index is 1.80. The Hall–Kier alpha value is -2.66. The van der Waals surface area contributed by atoms with Gasteiger partial charge >= 0.3 is 0 Å². The van der Waals surface area contributed by atoms with Gasteiger partial charge < -0.3 is 5.32 Å². The highest BCUT2D eigenvalue weighted by Crippen LogP contribution is 2.28.